The Bertz CT molecular complexity index is 389. The van der Waals surface area contributed by atoms with Crippen LogP contribution in [-0.2, 0) is 6.18 Å². The van der Waals surface area contributed by atoms with Crippen LogP contribution in [0, 0.1) is 0 Å². The van der Waals surface area contributed by atoms with E-state index in [9.17, 15) is 18.0 Å². The van der Waals surface area contributed by atoms with E-state index in [2.05, 4.69) is 15.9 Å². The monoisotopic (exact) mass is 281 g/mol. The van der Waals surface area contributed by atoms with Crippen LogP contribution in [0.5, 0.6) is 0 Å². The average Bonchev–Trinajstić information content (AvgIpc) is 2.14. The molecule has 0 aromatic heterocycles. The maximum atomic E-state index is 12.3. The van der Waals surface area contributed by atoms with Gasteiger partial charge < -0.3 is 5.73 Å². The zero-order valence-electron chi connectivity index (χ0n) is 7.44. The molecule has 0 radical (unpaired) electrons. The molecule has 15 heavy (non-hydrogen) atoms. The van der Waals surface area contributed by atoms with Gasteiger partial charge in [0.2, 0.25) is 0 Å². The third-order valence-electron chi connectivity index (χ3n) is 1.73. The van der Waals surface area contributed by atoms with E-state index in [4.69, 9.17) is 5.73 Å². The van der Waals surface area contributed by atoms with Gasteiger partial charge in [-0.25, -0.2) is 0 Å². The van der Waals surface area contributed by atoms with Gasteiger partial charge in [-0.05, 0) is 18.2 Å². The highest BCUT2D eigenvalue weighted by Crippen LogP contribution is 2.31. The molecule has 0 saturated heterocycles. The first-order chi connectivity index (χ1) is 6.84. The number of hydrogen-bond donors (Lipinski definition) is 1. The summed E-state index contributed by atoms with van der Waals surface area (Å²) < 4.78 is 37.0. The van der Waals surface area contributed by atoms with Crippen LogP contribution in [0.4, 0.5) is 18.9 Å². The minimum atomic E-state index is -4.49. The van der Waals surface area contributed by atoms with Crippen molar-refractivity contribution >= 4 is 27.4 Å². The molecule has 1 aromatic carbocycles. The van der Waals surface area contributed by atoms with Crippen LogP contribution in [0.3, 0.4) is 0 Å². The predicted octanol–water partition coefficient (Wildman–Crippen LogP) is 2.87. The number of hydrogen-bond acceptors (Lipinski definition) is 2. The lowest BCUT2D eigenvalue weighted by atomic mass is 10.1. The molecule has 2 N–H and O–H groups in total. The van der Waals surface area contributed by atoms with Crippen LogP contribution in [0.1, 0.15) is 15.9 Å². The van der Waals surface area contributed by atoms with Gasteiger partial charge in [-0.2, -0.15) is 13.2 Å². The Hall–Kier alpha value is -1.04. The topological polar surface area (TPSA) is 43.1 Å². The van der Waals surface area contributed by atoms with Gasteiger partial charge in [-0.3, -0.25) is 4.79 Å². The second kappa shape index (κ2) is 4.22. The van der Waals surface area contributed by atoms with Gasteiger partial charge in [-0.1, -0.05) is 15.9 Å². The lowest BCUT2D eigenvalue weighted by Crippen LogP contribution is -2.09. The van der Waals surface area contributed by atoms with E-state index >= 15 is 0 Å². The maximum Gasteiger partial charge on any atom is 0.416 e. The molecule has 0 bridgehead atoms. The number of halogens is 4. The van der Waals surface area contributed by atoms with Gasteiger partial charge in [0.05, 0.1) is 10.9 Å². The summed E-state index contributed by atoms with van der Waals surface area (Å²) in [5.74, 6) is -0.437. The SMILES string of the molecule is Nc1cc(C(=O)CBr)cc(C(F)(F)F)c1. The van der Waals surface area contributed by atoms with Gasteiger partial charge in [0.25, 0.3) is 0 Å². The molecule has 0 aliphatic heterocycles. The van der Waals surface area contributed by atoms with E-state index in [1.54, 1.807) is 0 Å². The second-order valence-electron chi connectivity index (χ2n) is 2.90. The molecule has 0 fully saturated rings. The molecule has 82 valence electrons. The molecule has 0 unspecified atom stereocenters. The highest BCUT2D eigenvalue weighted by atomic mass is 79.9. The van der Waals surface area contributed by atoms with Crippen molar-refractivity contribution in [2.45, 2.75) is 6.18 Å². The Morgan fingerprint density at radius 2 is 1.93 bits per heavy atom. The first-order valence-corrected chi connectivity index (χ1v) is 5.03. The summed E-state index contributed by atoms with van der Waals surface area (Å²) in [7, 11) is 0. The summed E-state index contributed by atoms with van der Waals surface area (Å²) >= 11 is 2.88. The zero-order chi connectivity index (χ0) is 11.6. The number of benzene rings is 1. The molecule has 0 atom stereocenters. The fraction of sp³-hybridized carbons (Fsp3) is 0.222. The number of carbonyl (C=O) groups excluding carboxylic acids is 1. The molecule has 0 saturated carbocycles. The van der Waals surface area contributed by atoms with Crippen molar-refractivity contribution in [2.24, 2.45) is 0 Å². The van der Waals surface area contributed by atoms with E-state index in [0.717, 1.165) is 12.1 Å². The van der Waals surface area contributed by atoms with E-state index in [-0.39, 0.29) is 16.6 Å². The molecule has 0 spiro atoms. The molecule has 1 rings (SSSR count). The number of nitrogens with two attached hydrogens (primary N) is 1. The van der Waals surface area contributed by atoms with Crippen molar-refractivity contribution in [3.8, 4) is 0 Å². The summed E-state index contributed by atoms with van der Waals surface area (Å²) in [6, 6.07) is 2.81. The first kappa shape index (κ1) is 12.0. The number of nitrogen functional groups attached to an aromatic ring is 1. The van der Waals surface area contributed by atoms with Crippen molar-refractivity contribution in [1.82, 2.24) is 0 Å². The number of anilines is 1. The van der Waals surface area contributed by atoms with Gasteiger partial charge in [0.1, 0.15) is 0 Å². The van der Waals surface area contributed by atoms with Crippen LogP contribution >= 0.6 is 15.9 Å². The number of ketones is 1. The molecule has 0 amide bonds. The summed E-state index contributed by atoms with van der Waals surface area (Å²) in [5, 5.41) is -0.0340. The zero-order valence-corrected chi connectivity index (χ0v) is 9.02. The standard InChI is InChI=1S/C9H7BrF3NO/c10-4-8(15)5-1-6(9(11,12)13)3-7(14)2-5/h1-3H,4,14H2. The van der Waals surface area contributed by atoms with Crippen molar-refractivity contribution in [1.29, 1.82) is 0 Å². The molecule has 0 aliphatic carbocycles. The summed E-state index contributed by atoms with van der Waals surface area (Å²) in [4.78, 5) is 11.2. The summed E-state index contributed by atoms with van der Waals surface area (Å²) in [6.07, 6.45) is -4.49. The molecule has 0 aliphatic rings. The number of Topliss-reactive ketones (excluding diaryl/α,β-unsaturated/α-hetero) is 1. The quantitative estimate of drug-likeness (QED) is 0.515. The fourth-order valence-corrected chi connectivity index (χ4v) is 1.38. The molecular weight excluding hydrogens is 275 g/mol. The number of carbonyl (C=O) groups is 1. The van der Waals surface area contributed by atoms with E-state index < -0.39 is 17.5 Å². The molecule has 0 heterocycles. The third-order valence-corrected chi connectivity index (χ3v) is 2.24. The molecular formula is C9H7BrF3NO. The highest BCUT2D eigenvalue weighted by molar-refractivity contribution is 9.09. The Morgan fingerprint density at radius 1 is 1.33 bits per heavy atom. The van der Waals surface area contributed by atoms with Crippen LogP contribution in [-0.4, -0.2) is 11.1 Å². The smallest absolute Gasteiger partial charge is 0.399 e. The van der Waals surface area contributed by atoms with Crippen LogP contribution in [0.15, 0.2) is 18.2 Å². The largest absolute Gasteiger partial charge is 0.416 e. The fourth-order valence-electron chi connectivity index (χ4n) is 1.05. The van der Waals surface area contributed by atoms with E-state index in [0.29, 0.717) is 0 Å². The lowest BCUT2D eigenvalue weighted by molar-refractivity contribution is -0.137. The minimum Gasteiger partial charge on any atom is -0.399 e. The third kappa shape index (κ3) is 2.95. The van der Waals surface area contributed by atoms with Crippen molar-refractivity contribution in [3.05, 3.63) is 29.3 Å². The Morgan fingerprint density at radius 3 is 2.40 bits per heavy atom. The maximum absolute atomic E-state index is 12.3. The normalized spacial score (nSPS) is 11.5. The molecule has 2 nitrogen and oxygen atoms in total. The van der Waals surface area contributed by atoms with Gasteiger partial charge >= 0.3 is 6.18 Å². The Labute approximate surface area is 92.4 Å². The van der Waals surface area contributed by atoms with Gasteiger partial charge in [0, 0.05) is 11.3 Å². The number of rotatable bonds is 2. The number of alkyl halides is 4. The van der Waals surface area contributed by atoms with E-state index in [1.165, 1.54) is 6.07 Å². The Kier molecular flexibility index (Phi) is 3.38. The Balaban J connectivity index is 3.23. The molecule has 1 aromatic rings. The first-order valence-electron chi connectivity index (χ1n) is 3.91. The van der Waals surface area contributed by atoms with Gasteiger partial charge in [-0.15, -0.1) is 0 Å². The van der Waals surface area contributed by atoms with E-state index in [1.807, 2.05) is 0 Å². The van der Waals surface area contributed by atoms with Crippen LogP contribution < -0.4 is 5.73 Å². The predicted molar refractivity (Wildman–Crippen MR) is 54.0 cm³/mol. The van der Waals surface area contributed by atoms with Crippen molar-refractivity contribution < 1.29 is 18.0 Å². The average molecular weight is 282 g/mol. The van der Waals surface area contributed by atoms with Crippen LogP contribution in [0.25, 0.3) is 0 Å². The summed E-state index contributed by atoms with van der Waals surface area (Å²) in [5.41, 5.74) is 4.25. The van der Waals surface area contributed by atoms with Crippen molar-refractivity contribution in [3.63, 3.8) is 0 Å². The highest BCUT2D eigenvalue weighted by Gasteiger charge is 2.31. The molecule has 6 heteroatoms. The van der Waals surface area contributed by atoms with Crippen LogP contribution in [0.2, 0.25) is 0 Å². The summed E-state index contributed by atoms with van der Waals surface area (Å²) in [6.45, 7) is 0. The second-order valence-corrected chi connectivity index (χ2v) is 3.46. The van der Waals surface area contributed by atoms with Crippen molar-refractivity contribution in [2.75, 3.05) is 11.1 Å². The minimum absolute atomic E-state index is 0.0340. The lowest BCUT2D eigenvalue weighted by Gasteiger charge is -2.09. The van der Waals surface area contributed by atoms with Gasteiger partial charge in [0.15, 0.2) is 5.78 Å².